The Bertz CT molecular complexity index is 691. The summed E-state index contributed by atoms with van der Waals surface area (Å²) >= 11 is 6.07. The summed E-state index contributed by atoms with van der Waals surface area (Å²) in [5.41, 5.74) is 2.02. The van der Waals surface area contributed by atoms with Gasteiger partial charge >= 0.3 is 0 Å². The third-order valence-corrected chi connectivity index (χ3v) is 4.05. The zero-order valence-electron chi connectivity index (χ0n) is 12.3. The summed E-state index contributed by atoms with van der Waals surface area (Å²) in [4.78, 5) is 21.7. The van der Waals surface area contributed by atoms with Crippen molar-refractivity contribution in [3.8, 4) is 0 Å². The van der Waals surface area contributed by atoms with E-state index in [1.54, 1.807) is 6.20 Å². The van der Waals surface area contributed by atoms with Gasteiger partial charge in [0.2, 0.25) is 5.91 Å². The first-order valence-corrected chi connectivity index (χ1v) is 7.65. The third-order valence-electron chi connectivity index (χ3n) is 3.78. The molecule has 1 N–H and O–H groups in total. The number of hydrogen-bond acceptors (Lipinski definition) is 4. The summed E-state index contributed by atoms with van der Waals surface area (Å²) in [5, 5.41) is 3.76. The SMILES string of the molecule is CC(Nc1ncncc1Cl)c1cccc(N2CCCC2=O)c1. The Labute approximate surface area is 134 Å². The van der Waals surface area contributed by atoms with Crippen LogP contribution in [0.3, 0.4) is 0 Å². The minimum Gasteiger partial charge on any atom is -0.362 e. The van der Waals surface area contributed by atoms with E-state index >= 15 is 0 Å². The maximum absolute atomic E-state index is 11.9. The van der Waals surface area contributed by atoms with Crippen LogP contribution in [0.1, 0.15) is 31.4 Å². The van der Waals surface area contributed by atoms with Crippen molar-refractivity contribution in [2.45, 2.75) is 25.8 Å². The molecule has 114 valence electrons. The van der Waals surface area contributed by atoms with Crippen molar-refractivity contribution in [3.05, 3.63) is 47.4 Å². The summed E-state index contributed by atoms with van der Waals surface area (Å²) in [6.45, 7) is 2.82. The van der Waals surface area contributed by atoms with Crippen LogP contribution in [-0.4, -0.2) is 22.4 Å². The van der Waals surface area contributed by atoms with Crippen molar-refractivity contribution < 1.29 is 4.79 Å². The van der Waals surface area contributed by atoms with Gasteiger partial charge in [0.1, 0.15) is 17.2 Å². The summed E-state index contributed by atoms with van der Waals surface area (Å²) in [7, 11) is 0. The Balaban J connectivity index is 1.79. The fourth-order valence-corrected chi connectivity index (χ4v) is 2.75. The Morgan fingerprint density at radius 2 is 2.27 bits per heavy atom. The molecule has 1 saturated heterocycles. The minimum atomic E-state index is 0.0186. The molecular weight excluding hydrogens is 300 g/mol. The highest BCUT2D eigenvalue weighted by Crippen LogP contribution is 2.27. The summed E-state index contributed by atoms with van der Waals surface area (Å²) < 4.78 is 0. The van der Waals surface area contributed by atoms with Crippen LogP contribution in [-0.2, 0) is 4.79 Å². The van der Waals surface area contributed by atoms with Crippen LogP contribution in [0.15, 0.2) is 36.8 Å². The van der Waals surface area contributed by atoms with Gasteiger partial charge in [0.15, 0.2) is 0 Å². The first-order chi connectivity index (χ1) is 10.6. The molecule has 1 amide bonds. The van der Waals surface area contributed by atoms with Gasteiger partial charge in [-0.15, -0.1) is 0 Å². The zero-order chi connectivity index (χ0) is 15.5. The molecular formula is C16H17ClN4O. The summed E-state index contributed by atoms with van der Waals surface area (Å²) in [6, 6.07) is 8.02. The Kier molecular flexibility index (Phi) is 4.24. The molecule has 1 atom stereocenters. The number of carbonyl (C=O) groups excluding carboxylic acids is 1. The fraction of sp³-hybridized carbons (Fsp3) is 0.312. The van der Waals surface area contributed by atoms with Gasteiger partial charge in [-0.25, -0.2) is 9.97 Å². The molecule has 0 spiro atoms. The van der Waals surface area contributed by atoms with Crippen molar-refractivity contribution in [1.82, 2.24) is 9.97 Å². The first-order valence-electron chi connectivity index (χ1n) is 7.27. The van der Waals surface area contributed by atoms with Crippen LogP contribution in [0.25, 0.3) is 0 Å². The Morgan fingerprint density at radius 3 is 3.00 bits per heavy atom. The van der Waals surface area contributed by atoms with Crippen LogP contribution in [0.4, 0.5) is 11.5 Å². The van der Waals surface area contributed by atoms with Crippen LogP contribution in [0.5, 0.6) is 0 Å². The van der Waals surface area contributed by atoms with Crippen molar-refractivity contribution in [2.24, 2.45) is 0 Å². The van der Waals surface area contributed by atoms with Crippen LogP contribution < -0.4 is 10.2 Å². The van der Waals surface area contributed by atoms with Crippen molar-refractivity contribution in [1.29, 1.82) is 0 Å². The van der Waals surface area contributed by atoms with Gasteiger partial charge in [-0.2, -0.15) is 0 Å². The fourth-order valence-electron chi connectivity index (χ4n) is 2.59. The number of rotatable bonds is 4. The van der Waals surface area contributed by atoms with E-state index in [0.29, 0.717) is 17.3 Å². The lowest BCUT2D eigenvalue weighted by Crippen LogP contribution is -2.23. The zero-order valence-corrected chi connectivity index (χ0v) is 13.0. The highest BCUT2D eigenvalue weighted by atomic mass is 35.5. The molecule has 0 bridgehead atoms. The van der Waals surface area contributed by atoms with Gasteiger partial charge in [-0.1, -0.05) is 23.7 Å². The maximum Gasteiger partial charge on any atom is 0.227 e. The molecule has 6 heteroatoms. The lowest BCUT2D eigenvalue weighted by molar-refractivity contribution is -0.117. The predicted octanol–water partition coefficient (Wildman–Crippen LogP) is 3.43. The molecule has 5 nitrogen and oxygen atoms in total. The molecule has 1 fully saturated rings. The van der Waals surface area contributed by atoms with E-state index in [2.05, 4.69) is 15.3 Å². The third kappa shape index (κ3) is 3.04. The molecule has 22 heavy (non-hydrogen) atoms. The number of benzene rings is 1. The van der Waals surface area contributed by atoms with Gasteiger partial charge in [0, 0.05) is 18.7 Å². The molecule has 1 aliphatic heterocycles. The molecule has 1 aliphatic rings. The minimum absolute atomic E-state index is 0.0186. The predicted molar refractivity (Wildman–Crippen MR) is 87.1 cm³/mol. The van der Waals surface area contributed by atoms with Crippen molar-refractivity contribution >= 4 is 29.0 Å². The molecule has 1 aromatic carbocycles. The molecule has 2 aromatic rings. The average molecular weight is 317 g/mol. The molecule has 0 radical (unpaired) electrons. The standard InChI is InChI=1S/C16H17ClN4O/c1-11(20-16-14(17)9-18-10-19-16)12-4-2-5-13(8-12)21-7-3-6-15(21)22/h2,4-5,8-11H,3,6-7H2,1H3,(H,18,19,20). The number of nitrogens with zero attached hydrogens (tertiary/aromatic N) is 3. The number of aromatic nitrogens is 2. The second-order valence-electron chi connectivity index (χ2n) is 5.33. The molecule has 0 saturated carbocycles. The van der Waals surface area contributed by atoms with Gasteiger partial charge in [-0.05, 0) is 31.0 Å². The molecule has 0 aliphatic carbocycles. The highest BCUT2D eigenvalue weighted by Gasteiger charge is 2.22. The number of hydrogen-bond donors (Lipinski definition) is 1. The molecule has 1 aromatic heterocycles. The monoisotopic (exact) mass is 316 g/mol. The quantitative estimate of drug-likeness (QED) is 0.939. The summed E-state index contributed by atoms with van der Waals surface area (Å²) in [5.74, 6) is 0.795. The Morgan fingerprint density at radius 1 is 1.41 bits per heavy atom. The van der Waals surface area contributed by atoms with E-state index in [1.165, 1.54) is 6.33 Å². The number of anilines is 2. The van der Waals surface area contributed by atoms with Gasteiger partial charge < -0.3 is 10.2 Å². The summed E-state index contributed by atoms with van der Waals surface area (Å²) in [6.07, 6.45) is 4.57. The second-order valence-corrected chi connectivity index (χ2v) is 5.74. The van der Waals surface area contributed by atoms with Crippen molar-refractivity contribution in [3.63, 3.8) is 0 Å². The topological polar surface area (TPSA) is 58.1 Å². The highest BCUT2D eigenvalue weighted by molar-refractivity contribution is 6.32. The first kappa shape index (κ1) is 14.8. The van der Waals surface area contributed by atoms with E-state index in [1.807, 2.05) is 36.1 Å². The normalized spacial score (nSPS) is 15.9. The van der Waals surface area contributed by atoms with E-state index in [0.717, 1.165) is 24.2 Å². The van der Waals surface area contributed by atoms with Crippen LogP contribution in [0, 0.1) is 0 Å². The lowest BCUT2D eigenvalue weighted by atomic mass is 10.1. The van der Waals surface area contributed by atoms with Gasteiger partial charge in [0.25, 0.3) is 0 Å². The van der Waals surface area contributed by atoms with E-state index < -0.39 is 0 Å². The van der Waals surface area contributed by atoms with Crippen LogP contribution in [0.2, 0.25) is 5.02 Å². The molecule has 3 rings (SSSR count). The smallest absolute Gasteiger partial charge is 0.227 e. The number of amides is 1. The van der Waals surface area contributed by atoms with Crippen molar-refractivity contribution in [2.75, 3.05) is 16.8 Å². The van der Waals surface area contributed by atoms with E-state index in [4.69, 9.17) is 11.6 Å². The van der Waals surface area contributed by atoms with E-state index in [9.17, 15) is 4.79 Å². The number of nitrogens with one attached hydrogen (secondary N) is 1. The van der Waals surface area contributed by atoms with E-state index in [-0.39, 0.29) is 11.9 Å². The lowest BCUT2D eigenvalue weighted by Gasteiger charge is -2.20. The van der Waals surface area contributed by atoms with Crippen LogP contribution >= 0.6 is 11.6 Å². The second kappa shape index (κ2) is 6.32. The number of carbonyl (C=O) groups is 1. The molecule has 1 unspecified atom stereocenters. The average Bonchev–Trinajstić information content (AvgIpc) is 2.96. The Hall–Kier alpha value is -2.14. The maximum atomic E-state index is 11.9. The van der Waals surface area contributed by atoms with Gasteiger partial charge in [0.05, 0.1) is 12.2 Å². The van der Waals surface area contributed by atoms with Gasteiger partial charge in [-0.3, -0.25) is 4.79 Å². The largest absolute Gasteiger partial charge is 0.362 e. The molecule has 2 heterocycles. The number of halogens is 1.